The first-order chi connectivity index (χ1) is 11.3. The Labute approximate surface area is 143 Å². The maximum Gasteiger partial charge on any atom is 0.230 e. The molecule has 0 saturated carbocycles. The third-order valence-electron chi connectivity index (χ3n) is 3.71. The van der Waals surface area contributed by atoms with E-state index in [4.69, 9.17) is 0 Å². The van der Waals surface area contributed by atoms with E-state index in [2.05, 4.69) is 0 Å². The van der Waals surface area contributed by atoms with Gasteiger partial charge in [-0.15, -0.1) is 0 Å². The number of nitrogens with zero attached hydrogens (tertiary/aromatic N) is 1. The molecule has 0 unspecified atom stereocenters. The Morgan fingerprint density at radius 2 is 1.62 bits per heavy atom. The predicted octanol–water partition coefficient (Wildman–Crippen LogP) is 3.46. The summed E-state index contributed by atoms with van der Waals surface area (Å²) in [4.78, 5) is 14.0. The zero-order valence-corrected chi connectivity index (χ0v) is 14.9. The number of hydrogen-bond donors (Lipinski definition) is 0. The van der Waals surface area contributed by atoms with Gasteiger partial charge in [-0.05, 0) is 36.8 Å². The van der Waals surface area contributed by atoms with E-state index in [1.807, 2.05) is 43.3 Å². The van der Waals surface area contributed by atoms with Crippen molar-refractivity contribution >= 4 is 27.5 Å². The van der Waals surface area contributed by atoms with Crippen molar-refractivity contribution in [1.82, 2.24) is 0 Å². The molecule has 1 amide bonds. The molecule has 24 heavy (non-hydrogen) atoms. The molecule has 2 rings (SSSR count). The number of rotatable bonds is 5. The Morgan fingerprint density at radius 3 is 2.17 bits per heavy atom. The van der Waals surface area contributed by atoms with Gasteiger partial charge in [-0.3, -0.25) is 4.79 Å². The van der Waals surface area contributed by atoms with Gasteiger partial charge in [0.05, 0.1) is 4.90 Å². The van der Waals surface area contributed by atoms with E-state index in [1.165, 1.54) is 22.6 Å². The molecule has 0 aliphatic rings. The van der Waals surface area contributed by atoms with E-state index in [-0.39, 0.29) is 17.2 Å². The molecule has 0 aromatic heterocycles. The first-order valence-electron chi connectivity index (χ1n) is 7.57. The van der Waals surface area contributed by atoms with Gasteiger partial charge in [-0.2, -0.15) is 0 Å². The molecule has 5 heteroatoms. The van der Waals surface area contributed by atoms with Crippen LogP contribution in [0.2, 0.25) is 0 Å². The van der Waals surface area contributed by atoms with Crippen LogP contribution in [0.15, 0.2) is 59.5 Å². The monoisotopic (exact) mass is 343 g/mol. The average molecular weight is 343 g/mol. The second-order valence-corrected chi connectivity index (χ2v) is 7.75. The molecule has 0 atom stereocenters. The molecule has 0 heterocycles. The lowest BCUT2D eigenvalue weighted by molar-refractivity contribution is -0.117. The second-order valence-electron chi connectivity index (χ2n) is 5.74. The summed E-state index contributed by atoms with van der Waals surface area (Å²) in [5.74, 6) is -0.0644. The Bertz CT molecular complexity index is 835. The maximum absolute atomic E-state index is 12.2. The van der Waals surface area contributed by atoms with Crippen LogP contribution in [0.5, 0.6) is 0 Å². The van der Waals surface area contributed by atoms with Gasteiger partial charge in [0.1, 0.15) is 0 Å². The van der Waals surface area contributed by atoms with Crippen LogP contribution in [0.25, 0.3) is 6.08 Å². The molecule has 2 aromatic carbocycles. The van der Waals surface area contributed by atoms with Gasteiger partial charge < -0.3 is 4.90 Å². The predicted molar refractivity (Wildman–Crippen MR) is 97.8 cm³/mol. The van der Waals surface area contributed by atoms with Crippen LogP contribution < -0.4 is 4.90 Å². The quantitative estimate of drug-likeness (QED) is 0.835. The molecule has 2 aromatic rings. The van der Waals surface area contributed by atoms with E-state index in [0.717, 1.165) is 11.8 Å². The highest BCUT2D eigenvalue weighted by molar-refractivity contribution is 7.90. The topological polar surface area (TPSA) is 54.5 Å². The SMILES string of the molecule is Cc1ccc(/C=C/CC(=O)N(C)c2ccc(S(C)(=O)=O)cc2)cc1. The Morgan fingerprint density at radius 1 is 1.04 bits per heavy atom. The lowest BCUT2D eigenvalue weighted by atomic mass is 10.1. The summed E-state index contributed by atoms with van der Waals surface area (Å²) in [5.41, 5.74) is 2.91. The van der Waals surface area contributed by atoms with Crippen molar-refractivity contribution < 1.29 is 13.2 Å². The fraction of sp³-hybridized carbons (Fsp3) is 0.211. The molecule has 0 bridgehead atoms. The maximum atomic E-state index is 12.2. The number of benzene rings is 2. The fourth-order valence-electron chi connectivity index (χ4n) is 2.17. The highest BCUT2D eigenvalue weighted by atomic mass is 32.2. The largest absolute Gasteiger partial charge is 0.315 e. The van der Waals surface area contributed by atoms with Crippen molar-refractivity contribution in [2.24, 2.45) is 0 Å². The van der Waals surface area contributed by atoms with Gasteiger partial charge in [0.25, 0.3) is 0 Å². The van der Waals surface area contributed by atoms with E-state index >= 15 is 0 Å². The summed E-state index contributed by atoms with van der Waals surface area (Å²) in [6.07, 6.45) is 5.18. The van der Waals surface area contributed by atoms with Crippen molar-refractivity contribution in [3.63, 3.8) is 0 Å². The van der Waals surface area contributed by atoms with Crippen LogP contribution in [-0.2, 0) is 14.6 Å². The van der Waals surface area contributed by atoms with Crippen LogP contribution in [0, 0.1) is 6.92 Å². The van der Waals surface area contributed by atoms with Crippen molar-refractivity contribution in [1.29, 1.82) is 0 Å². The smallest absolute Gasteiger partial charge is 0.230 e. The van der Waals surface area contributed by atoms with Gasteiger partial charge in [-0.25, -0.2) is 8.42 Å². The normalized spacial score (nSPS) is 11.6. The molecule has 0 saturated heterocycles. The average Bonchev–Trinajstić information content (AvgIpc) is 2.55. The summed E-state index contributed by atoms with van der Waals surface area (Å²) in [6.45, 7) is 2.03. The number of carbonyl (C=O) groups is 1. The zero-order chi connectivity index (χ0) is 17.7. The Kier molecular flexibility index (Phi) is 5.57. The minimum absolute atomic E-state index is 0.0644. The Hall–Kier alpha value is -2.40. The van der Waals surface area contributed by atoms with Crippen LogP contribution in [0.1, 0.15) is 17.5 Å². The number of anilines is 1. The van der Waals surface area contributed by atoms with Gasteiger partial charge in [0.15, 0.2) is 9.84 Å². The second kappa shape index (κ2) is 7.45. The van der Waals surface area contributed by atoms with E-state index in [9.17, 15) is 13.2 Å². The summed E-state index contributed by atoms with van der Waals surface area (Å²) in [5, 5.41) is 0. The highest BCUT2D eigenvalue weighted by Gasteiger charge is 2.11. The summed E-state index contributed by atoms with van der Waals surface area (Å²) >= 11 is 0. The van der Waals surface area contributed by atoms with Crippen molar-refractivity contribution in [2.45, 2.75) is 18.2 Å². The van der Waals surface area contributed by atoms with E-state index in [0.29, 0.717) is 5.69 Å². The van der Waals surface area contributed by atoms with Crippen LogP contribution in [0.3, 0.4) is 0 Å². The molecular weight excluding hydrogens is 322 g/mol. The summed E-state index contributed by atoms with van der Waals surface area (Å²) in [7, 11) is -1.55. The van der Waals surface area contributed by atoms with Gasteiger partial charge in [0.2, 0.25) is 5.91 Å². The number of carbonyl (C=O) groups excluding carboxylic acids is 1. The minimum Gasteiger partial charge on any atom is -0.315 e. The molecule has 0 aliphatic carbocycles. The molecule has 4 nitrogen and oxygen atoms in total. The standard InChI is InChI=1S/C19H21NO3S/c1-15-7-9-16(10-8-15)5-4-6-19(21)20(2)17-11-13-18(14-12-17)24(3,22)23/h4-5,7-14H,6H2,1-3H3/b5-4+. The summed E-state index contributed by atoms with van der Waals surface area (Å²) in [6, 6.07) is 14.4. The lowest BCUT2D eigenvalue weighted by Gasteiger charge is -2.16. The van der Waals surface area contributed by atoms with Crippen molar-refractivity contribution in [2.75, 3.05) is 18.2 Å². The molecular formula is C19H21NO3S. The zero-order valence-electron chi connectivity index (χ0n) is 14.1. The number of sulfone groups is 1. The van der Waals surface area contributed by atoms with Crippen LogP contribution >= 0.6 is 0 Å². The molecule has 0 N–H and O–H groups in total. The van der Waals surface area contributed by atoms with Gasteiger partial charge in [0, 0.05) is 25.4 Å². The minimum atomic E-state index is -3.23. The number of amides is 1. The van der Waals surface area contributed by atoms with Gasteiger partial charge in [-0.1, -0.05) is 42.0 Å². The van der Waals surface area contributed by atoms with Crippen LogP contribution in [-0.4, -0.2) is 27.6 Å². The van der Waals surface area contributed by atoms with E-state index < -0.39 is 9.84 Å². The molecule has 0 radical (unpaired) electrons. The third-order valence-corrected chi connectivity index (χ3v) is 4.83. The third kappa shape index (κ3) is 4.80. The van der Waals surface area contributed by atoms with E-state index in [1.54, 1.807) is 19.2 Å². The lowest BCUT2D eigenvalue weighted by Crippen LogP contribution is -2.25. The number of hydrogen-bond acceptors (Lipinski definition) is 3. The van der Waals surface area contributed by atoms with Crippen molar-refractivity contribution in [3.05, 3.63) is 65.7 Å². The fourth-order valence-corrected chi connectivity index (χ4v) is 2.80. The molecule has 0 fully saturated rings. The van der Waals surface area contributed by atoms with Crippen LogP contribution in [0.4, 0.5) is 5.69 Å². The van der Waals surface area contributed by atoms with Gasteiger partial charge >= 0.3 is 0 Å². The first kappa shape index (κ1) is 17.9. The first-order valence-corrected chi connectivity index (χ1v) is 9.46. The van der Waals surface area contributed by atoms with Crippen molar-refractivity contribution in [3.8, 4) is 0 Å². The molecule has 0 spiro atoms. The Balaban J connectivity index is 2.00. The molecule has 0 aliphatic heterocycles. The summed E-state index contributed by atoms with van der Waals surface area (Å²) < 4.78 is 22.9. The highest BCUT2D eigenvalue weighted by Crippen LogP contribution is 2.18. The number of aryl methyl sites for hydroxylation is 1. The molecule has 126 valence electrons.